The second kappa shape index (κ2) is 6.05. The predicted molar refractivity (Wildman–Crippen MR) is 87.1 cm³/mol. The van der Waals surface area contributed by atoms with Gasteiger partial charge >= 0.3 is 0 Å². The van der Waals surface area contributed by atoms with Gasteiger partial charge in [-0.1, -0.05) is 20.8 Å². The molecule has 2 aliphatic rings. The van der Waals surface area contributed by atoms with Crippen LogP contribution in [0, 0.1) is 11.8 Å². The van der Waals surface area contributed by atoms with E-state index in [4.69, 9.17) is 9.16 Å². The lowest BCUT2D eigenvalue weighted by atomic mass is 9.76. The Kier molecular flexibility index (Phi) is 4.85. The molecular weight excluding hydrogens is 298 g/mol. The summed E-state index contributed by atoms with van der Waals surface area (Å²) in [4.78, 5) is 24.1. The molecule has 0 bridgehead atoms. The first-order valence-electron chi connectivity index (χ1n) is 8.13. The SMILES string of the molecule is C[C@@H](O[Si](C)(C)C(C)(C)C)[C@H]1C(=O)N[C@@H]1C1COCCC1=O. The highest BCUT2D eigenvalue weighted by Crippen LogP contribution is 2.39. The lowest BCUT2D eigenvalue weighted by Gasteiger charge is -2.47. The highest BCUT2D eigenvalue weighted by atomic mass is 28.4. The molecule has 1 amide bonds. The number of carbonyl (C=O) groups is 2. The van der Waals surface area contributed by atoms with Crippen molar-refractivity contribution in [2.75, 3.05) is 13.2 Å². The van der Waals surface area contributed by atoms with Crippen molar-refractivity contribution in [1.82, 2.24) is 5.32 Å². The fraction of sp³-hybridized carbons (Fsp3) is 0.875. The molecule has 6 heteroatoms. The van der Waals surface area contributed by atoms with E-state index in [1.165, 1.54) is 0 Å². The molecule has 2 fully saturated rings. The Balaban J connectivity index is 2.06. The van der Waals surface area contributed by atoms with Gasteiger partial charge < -0.3 is 14.5 Å². The zero-order chi connectivity index (χ0) is 16.7. The van der Waals surface area contributed by atoms with Gasteiger partial charge in [-0.3, -0.25) is 9.59 Å². The minimum Gasteiger partial charge on any atom is -0.413 e. The maximum absolute atomic E-state index is 12.1. The third-order valence-corrected chi connectivity index (χ3v) is 10.0. The van der Waals surface area contributed by atoms with Crippen LogP contribution in [0.3, 0.4) is 0 Å². The molecule has 2 aliphatic heterocycles. The normalized spacial score (nSPS) is 31.5. The number of nitrogens with one attached hydrogen (secondary N) is 1. The van der Waals surface area contributed by atoms with Crippen LogP contribution < -0.4 is 5.32 Å². The van der Waals surface area contributed by atoms with Gasteiger partial charge in [-0.25, -0.2) is 0 Å². The number of amides is 1. The standard InChI is InChI=1S/C16H29NO4Si/c1-10(21-22(5,6)16(2,3)4)13-14(17-15(13)19)11-9-20-8-7-12(11)18/h10-11,13-14H,7-9H2,1-6H3,(H,17,19)/t10-,11?,13-,14-/m1/s1. The van der Waals surface area contributed by atoms with E-state index in [1.54, 1.807) is 0 Å². The summed E-state index contributed by atoms with van der Waals surface area (Å²) in [5, 5.41) is 2.99. The number of β-lactam (4-membered cyclic amide) rings is 1. The van der Waals surface area contributed by atoms with Crippen molar-refractivity contribution >= 4 is 20.0 Å². The third kappa shape index (κ3) is 3.28. The summed E-state index contributed by atoms with van der Waals surface area (Å²) in [7, 11) is -1.93. The van der Waals surface area contributed by atoms with Crippen molar-refractivity contribution in [3.8, 4) is 0 Å². The maximum Gasteiger partial charge on any atom is 0.228 e. The van der Waals surface area contributed by atoms with E-state index in [9.17, 15) is 9.59 Å². The van der Waals surface area contributed by atoms with E-state index in [-0.39, 0.29) is 40.7 Å². The van der Waals surface area contributed by atoms with E-state index >= 15 is 0 Å². The number of rotatable bonds is 4. The summed E-state index contributed by atoms with van der Waals surface area (Å²) in [6.07, 6.45) is 0.274. The van der Waals surface area contributed by atoms with Gasteiger partial charge in [0.2, 0.25) is 5.91 Å². The molecule has 22 heavy (non-hydrogen) atoms. The van der Waals surface area contributed by atoms with Gasteiger partial charge in [0, 0.05) is 6.42 Å². The van der Waals surface area contributed by atoms with Crippen molar-refractivity contribution in [2.45, 2.75) is 64.4 Å². The van der Waals surface area contributed by atoms with Gasteiger partial charge in [0.1, 0.15) is 5.78 Å². The summed E-state index contributed by atoms with van der Waals surface area (Å²) >= 11 is 0. The molecular formula is C16H29NO4Si. The minimum atomic E-state index is -1.93. The smallest absolute Gasteiger partial charge is 0.228 e. The lowest BCUT2D eigenvalue weighted by Crippen LogP contribution is -2.68. The van der Waals surface area contributed by atoms with Crippen LogP contribution in [-0.2, 0) is 18.8 Å². The molecule has 0 aromatic carbocycles. The highest BCUT2D eigenvalue weighted by Gasteiger charge is 2.51. The number of ether oxygens (including phenoxy) is 1. The van der Waals surface area contributed by atoms with Crippen LogP contribution in [0.15, 0.2) is 0 Å². The Labute approximate surface area is 134 Å². The number of carbonyl (C=O) groups excluding carboxylic acids is 2. The van der Waals surface area contributed by atoms with E-state index in [0.29, 0.717) is 19.6 Å². The molecule has 1 unspecified atom stereocenters. The van der Waals surface area contributed by atoms with Crippen LogP contribution in [0.5, 0.6) is 0 Å². The van der Waals surface area contributed by atoms with Gasteiger partial charge in [-0.2, -0.15) is 0 Å². The van der Waals surface area contributed by atoms with Crippen molar-refractivity contribution < 1.29 is 18.8 Å². The molecule has 0 aliphatic carbocycles. The van der Waals surface area contributed by atoms with Crippen LogP contribution in [0.25, 0.3) is 0 Å². The van der Waals surface area contributed by atoms with E-state index in [1.807, 2.05) is 6.92 Å². The first-order chi connectivity index (χ1) is 10.0. The molecule has 5 nitrogen and oxygen atoms in total. The second-order valence-corrected chi connectivity index (χ2v) is 12.8. The molecule has 0 radical (unpaired) electrons. The average Bonchev–Trinajstić information content (AvgIpc) is 2.34. The van der Waals surface area contributed by atoms with Gasteiger partial charge in [-0.15, -0.1) is 0 Å². The zero-order valence-electron chi connectivity index (χ0n) is 14.6. The Morgan fingerprint density at radius 3 is 2.45 bits per heavy atom. The second-order valence-electron chi connectivity index (χ2n) is 8.04. The van der Waals surface area contributed by atoms with Gasteiger partial charge in [0.15, 0.2) is 8.32 Å². The Morgan fingerprint density at radius 2 is 1.95 bits per heavy atom. The fourth-order valence-corrected chi connectivity index (χ4v) is 4.38. The number of hydrogen-bond donors (Lipinski definition) is 1. The molecule has 126 valence electrons. The maximum atomic E-state index is 12.1. The first kappa shape index (κ1) is 17.6. The van der Waals surface area contributed by atoms with Crippen LogP contribution in [0.1, 0.15) is 34.1 Å². The Morgan fingerprint density at radius 1 is 1.32 bits per heavy atom. The molecule has 0 aromatic heterocycles. The van der Waals surface area contributed by atoms with Crippen LogP contribution in [0.4, 0.5) is 0 Å². The van der Waals surface area contributed by atoms with Gasteiger partial charge in [0.25, 0.3) is 0 Å². The largest absolute Gasteiger partial charge is 0.413 e. The number of ketones is 1. The monoisotopic (exact) mass is 327 g/mol. The van der Waals surface area contributed by atoms with Crippen LogP contribution in [-0.4, -0.2) is 45.4 Å². The van der Waals surface area contributed by atoms with Gasteiger partial charge in [-0.05, 0) is 25.1 Å². The number of hydrogen-bond acceptors (Lipinski definition) is 4. The summed E-state index contributed by atoms with van der Waals surface area (Å²) in [5.41, 5.74) is 0. The molecule has 2 rings (SSSR count). The molecule has 4 atom stereocenters. The van der Waals surface area contributed by atoms with Crippen LogP contribution in [0.2, 0.25) is 18.1 Å². The predicted octanol–water partition coefficient (Wildman–Crippen LogP) is 2.12. The Bertz CT molecular complexity index is 458. The van der Waals surface area contributed by atoms with E-state index in [2.05, 4.69) is 39.2 Å². The number of Topliss-reactive ketones (excluding diaryl/α,β-unsaturated/α-hetero) is 1. The van der Waals surface area contributed by atoms with Gasteiger partial charge in [0.05, 0.1) is 37.2 Å². The zero-order valence-corrected chi connectivity index (χ0v) is 15.6. The molecule has 1 N–H and O–H groups in total. The van der Waals surface area contributed by atoms with Crippen molar-refractivity contribution in [2.24, 2.45) is 11.8 Å². The van der Waals surface area contributed by atoms with Crippen molar-refractivity contribution in [3.63, 3.8) is 0 Å². The van der Waals surface area contributed by atoms with Crippen molar-refractivity contribution in [1.29, 1.82) is 0 Å². The third-order valence-electron chi connectivity index (χ3n) is 5.43. The fourth-order valence-electron chi connectivity index (χ4n) is 2.95. The molecule has 0 spiro atoms. The summed E-state index contributed by atoms with van der Waals surface area (Å²) in [6, 6.07) is -0.139. The average molecular weight is 327 g/mol. The van der Waals surface area contributed by atoms with Crippen molar-refractivity contribution in [3.05, 3.63) is 0 Å². The molecule has 0 saturated carbocycles. The topological polar surface area (TPSA) is 64.6 Å². The highest BCUT2D eigenvalue weighted by molar-refractivity contribution is 6.74. The minimum absolute atomic E-state index is 0.00502. The summed E-state index contributed by atoms with van der Waals surface area (Å²) in [5.74, 6) is -0.276. The van der Waals surface area contributed by atoms with Crippen LogP contribution >= 0.6 is 0 Å². The molecule has 2 heterocycles. The van der Waals surface area contributed by atoms with E-state index < -0.39 is 8.32 Å². The molecule has 0 aromatic rings. The summed E-state index contributed by atoms with van der Waals surface area (Å²) < 4.78 is 11.8. The quantitative estimate of drug-likeness (QED) is 0.634. The molecule has 2 saturated heterocycles. The summed E-state index contributed by atoms with van der Waals surface area (Å²) in [6.45, 7) is 13.8. The first-order valence-corrected chi connectivity index (χ1v) is 11.0. The van der Waals surface area contributed by atoms with E-state index in [0.717, 1.165) is 0 Å². The Hall–Kier alpha value is -0.723. The lowest BCUT2D eigenvalue weighted by molar-refractivity contribution is -0.149.